The molecule has 0 spiro atoms. The van der Waals surface area contributed by atoms with Gasteiger partial charge in [0.15, 0.2) is 17.4 Å². The number of hydrogen-bond donors (Lipinski definition) is 3. The summed E-state index contributed by atoms with van der Waals surface area (Å²) in [5.74, 6) is -0.736. The molecule has 0 aliphatic rings. The van der Waals surface area contributed by atoms with Crippen LogP contribution in [0.2, 0.25) is 0 Å². The topological polar surface area (TPSA) is 248 Å². The maximum Gasteiger partial charge on any atom is 1.00 e. The van der Waals surface area contributed by atoms with Gasteiger partial charge in [-0.15, -0.1) is 12.4 Å². The minimum Gasteiger partial charge on any atom is -0.870 e. The van der Waals surface area contributed by atoms with E-state index < -0.39 is 11.9 Å². The van der Waals surface area contributed by atoms with Gasteiger partial charge in [0.2, 0.25) is 0 Å². The number of ketones is 1. The molecule has 0 atom stereocenters. The number of halogens is 1. The average Bonchev–Trinajstić information content (AvgIpc) is 3.19. The van der Waals surface area contributed by atoms with Gasteiger partial charge in [-0.3, -0.25) is 10.2 Å². The number of esters is 2. The molecule has 5 rings (SSSR count). The number of nitrogens with one attached hydrogen (secondary N) is 1. The Bertz CT molecular complexity index is 2180. The van der Waals surface area contributed by atoms with Crippen molar-refractivity contribution >= 4 is 41.9 Å². The Morgan fingerprint density at radius 2 is 1.02 bits per heavy atom. The largest absolute Gasteiger partial charge is 1.00 e. The van der Waals surface area contributed by atoms with Crippen molar-refractivity contribution in [2.45, 2.75) is 55.4 Å². The van der Waals surface area contributed by atoms with Crippen LogP contribution in [0.3, 0.4) is 0 Å². The summed E-state index contributed by atoms with van der Waals surface area (Å²) in [5, 5.41) is 16.0. The number of carboxylic acids is 1. The van der Waals surface area contributed by atoms with Gasteiger partial charge in [-0.2, -0.15) is 0 Å². The third kappa shape index (κ3) is 18.1. The first-order valence-electron chi connectivity index (χ1n) is 18.1. The van der Waals surface area contributed by atoms with Crippen molar-refractivity contribution < 1.29 is 73.5 Å². The summed E-state index contributed by atoms with van der Waals surface area (Å²) in [4.78, 5) is 62.3. The maximum absolute atomic E-state index is 11.8. The van der Waals surface area contributed by atoms with Gasteiger partial charge in [0.05, 0.1) is 43.1 Å². The Morgan fingerprint density at radius 3 is 1.31 bits per heavy atom. The summed E-state index contributed by atoms with van der Waals surface area (Å²) in [5.41, 5.74) is 10.7. The Hall–Kier alpha value is -5.84. The number of aromatic carboxylic acids is 1. The SMILES string of the molecule is CCOC(=O)C(C(C)=O)=C(C)OC.CCOC(=O)c1c(C)nc(-c2ccccc2)nc1C.Cc1nc(-c2ccccc2)nc(C)c1C(=O)O.Cl.N=C(N)c1ccccc1.[Na+].[OH-]. The number of aryl methyl sites for hydroxylation is 4. The van der Waals surface area contributed by atoms with Gasteiger partial charge in [0.25, 0.3) is 0 Å². The zero-order valence-electron chi connectivity index (χ0n) is 36.1. The van der Waals surface area contributed by atoms with E-state index >= 15 is 0 Å². The molecule has 320 valence electrons. The van der Waals surface area contributed by atoms with Gasteiger partial charge in [0.1, 0.15) is 28.3 Å². The molecule has 0 bridgehead atoms. The second-order valence-electron chi connectivity index (χ2n) is 12.1. The molecule has 0 saturated heterocycles. The molecule has 0 radical (unpaired) electrons. The van der Waals surface area contributed by atoms with Crippen molar-refractivity contribution in [3.05, 3.63) is 142 Å². The van der Waals surface area contributed by atoms with E-state index in [1.54, 1.807) is 48.5 Å². The van der Waals surface area contributed by atoms with Gasteiger partial charge in [-0.25, -0.2) is 34.3 Å². The molecule has 0 unspecified atom stereocenters. The van der Waals surface area contributed by atoms with Crippen LogP contribution < -0.4 is 35.3 Å². The number of Topliss-reactive ketones (excluding diaryl/α,β-unsaturated/α-hetero) is 1. The molecule has 3 aromatic carbocycles. The van der Waals surface area contributed by atoms with Crippen molar-refractivity contribution in [1.82, 2.24) is 19.9 Å². The quantitative estimate of drug-likeness (QED) is 0.0252. The van der Waals surface area contributed by atoms with Crippen molar-refractivity contribution in [3.8, 4) is 22.8 Å². The summed E-state index contributed by atoms with van der Waals surface area (Å²) in [7, 11) is 1.40. The summed E-state index contributed by atoms with van der Waals surface area (Å²) in [6, 6.07) is 28.4. The van der Waals surface area contributed by atoms with Crippen molar-refractivity contribution in [2.24, 2.45) is 5.73 Å². The third-order valence-electron chi connectivity index (χ3n) is 7.87. The van der Waals surface area contributed by atoms with Gasteiger partial charge >= 0.3 is 47.5 Å². The number of carboxylic acid groups (broad SMARTS) is 1. The maximum atomic E-state index is 11.8. The second kappa shape index (κ2) is 29.4. The third-order valence-corrected chi connectivity index (χ3v) is 7.87. The molecule has 0 amide bonds. The normalized spacial score (nSPS) is 9.85. The molecule has 5 N–H and O–H groups in total. The van der Waals surface area contributed by atoms with E-state index in [4.69, 9.17) is 30.5 Å². The van der Waals surface area contributed by atoms with E-state index in [9.17, 15) is 19.2 Å². The standard InChI is InChI=1S/C15H16N2O2.C13H12N2O2.C9H14O4.C7H8N2.ClH.Na.H2O/c1-4-19-15(18)13-10(2)16-14(17-11(13)3)12-8-6-5-7-9-12;1-8-11(13(16)17)9(2)15-12(14-8)10-6-4-3-5-7-10;1-5-13-9(11)8(6(2)10)7(3)12-4;8-7(9)6-4-2-1-3-5-6;;;/h5-9H,4H2,1-3H3;3-7H,1-2H3,(H,16,17);5H2,1-4H3;1-5H,(H3,8,9);1H;;1H2/q;;;;;+1;/p-1. The Morgan fingerprint density at radius 1 is 0.656 bits per heavy atom. The Balaban J connectivity index is 0. The van der Waals surface area contributed by atoms with Crippen LogP contribution in [-0.4, -0.2) is 80.4 Å². The average molecular weight is 867 g/mol. The fourth-order valence-electron chi connectivity index (χ4n) is 5.13. The van der Waals surface area contributed by atoms with Gasteiger partial charge < -0.3 is 30.5 Å². The fraction of sp³-hybridized carbons (Fsp3) is 0.250. The number of methoxy groups -OCH3 is 1. The molecule has 17 heteroatoms. The molecule has 61 heavy (non-hydrogen) atoms. The van der Waals surface area contributed by atoms with Crippen LogP contribution in [0.25, 0.3) is 22.8 Å². The fourth-order valence-corrected chi connectivity index (χ4v) is 5.13. The number of nitrogens with two attached hydrogens (primary N) is 1. The molecular formula is C44H52ClN6NaO9. The smallest absolute Gasteiger partial charge is 0.870 e. The number of aromatic nitrogens is 4. The van der Waals surface area contributed by atoms with Crippen LogP contribution >= 0.6 is 12.4 Å². The zero-order chi connectivity index (χ0) is 43.4. The summed E-state index contributed by atoms with van der Waals surface area (Å²) in [6.07, 6.45) is 0. The number of amidine groups is 1. The van der Waals surface area contributed by atoms with Crippen LogP contribution in [-0.2, 0) is 23.8 Å². The number of nitrogen functional groups attached to an aromatic ring is 1. The molecule has 2 aromatic heterocycles. The number of benzene rings is 3. The molecule has 5 aromatic rings. The second-order valence-corrected chi connectivity index (χ2v) is 12.1. The Labute approximate surface area is 384 Å². The minimum absolute atomic E-state index is 0. The number of carbonyl (C=O) groups excluding carboxylic acids is 3. The summed E-state index contributed by atoms with van der Waals surface area (Å²) >= 11 is 0. The Kier molecular flexibility index (Phi) is 27.6. The first-order chi connectivity index (χ1) is 27.6. The zero-order valence-corrected chi connectivity index (χ0v) is 38.9. The number of ether oxygens (including phenoxy) is 3. The van der Waals surface area contributed by atoms with Crippen LogP contribution in [0.5, 0.6) is 0 Å². The molecule has 2 heterocycles. The van der Waals surface area contributed by atoms with Crippen molar-refractivity contribution in [1.29, 1.82) is 5.41 Å². The number of hydrogen-bond acceptors (Lipinski definition) is 13. The number of carbonyl (C=O) groups is 4. The van der Waals surface area contributed by atoms with Gasteiger partial charge in [0, 0.05) is 16.7 Å². The molecule has 15 nitrogen and oxygen atoms in total. The first-order valence-corrected chi connectivity index (χ1v) is 18.1. The van der Waals surface area contributed by atoms with E-state index in [1.807, 2.05) is 91.0 Å². The first kappa shape index (κ1) is 57.3. The van der Waals surface area contributed by atoms with Gasteiger partial charge in [-0.1, -0.05) is 91.0 Å². The van der Waals surface area contributed by atoms with E-state index in [0.29, 0.717) is 46.6 Å². The van der Waals surface area contributed by atoms with Crippen molar-refractivity contribution in [3.63, 3.8) is 0 Å². The molecule has 0 saturated carbocycles. The van der Waals surface area contributed by atoms with Crippen LogP contribution in [0.4, 0.5) is 0 Å². The van der Waals surface area contributed by atoms with Crippen molar-refractivity contribution in [2.75, 3.05) is 20.3 Å². The number of rotatable bonds is 10. The molecular weight excluding hydrogens is 815 g/mol. The van der Waals surface area contributed by atoms with Gasteiger partial charge in [-0.05, 0) is 55.4 Å². The van der Waals surface area contributed by atoms with Crippen LogP contribution in [0.1, 0.15) is 76.8 Å². The predicted molar refractivity (Wildman–Crippen MR) is 230 cm³/mol. The van der Waals surface area contributed by atoms with E-state index in [1.165, 1.54) is 14.0 Å². The van der Waals surface area contributed by atoms with E-state index in [2.05, 4.69) is 19.9 Å². The molecule has 0 aliphatic carbocycles. The molecule has 0 aliphatic heterocycles. The number of allylic oxidation sites excluding steroid dienone is 1. The monoisotopic (exact) mass is 866 g/mol. The minimum atomic E-state index is -0.986. The van der Waals surface area contributed by atoms with Crippen LogP contribution in [0, 0.1) is 33.1 Å². The summed E-state index contributed by atoms with van der Waals surface area (Å²) < 4.78 is 14.5. The molecule has 0 fully saturated rings. The van der Waals surface area contributed by atoms with E-state index in [-0.39, 0.29) is 88.5 Å². The van der Waals surface area contributed by atoms with E-state index in [0.717, 1.165) is 16.7 Å². The predicted octanol–water partition coefficient (Wildman–Crippen LogP) is 4.67. The summed E-state index contributed by atoms with van der Waals surface area (Å²) in [6.45, 7) is 13.9. The number of nitrogens with zero attached hydrogens (tertiary/aromatic N) is 4. The van der Waals surface area contributed by atoms with Crippen LogP contribution in [0.15, 0.2) is 102 Å².